The van der Waals surface area contributed by atoms with E-state index in [0.29, 0.717) is 11.6 Å². The summed E-state index contributed by atoms with van der Waals surface area (Å²) in [5, 5.41) is 22.4. The highest BCUT2D eigenvalue weighted by atomic mass is 35.5. The zero-order valence-corrected chi connectivity index (χ0v) is 10.9. The van der Waals surface area contributed by atoms with Gasteiger partial charge in [0.25, 0.3) is 0 Å². The Balaban J connectivity index is 2.04. The molecule has 2 aromatic rings. The molecule has 0 amide bonds. The third kappa shape index (κ3) is 3.72. The van der Waals surface area contributed by atoms with Gasteiger partial charge in [-0.15, -0.1) is 0 Å². The fourth-order valence-electron chi connectivity index (χ4n) is 1.76. The molecule has 96 valence electrons. The molecule has 0 fully saturated rings. The molecule has 19 heavy (non-hydrogen) atoms. The van der Waals surface area contributed by atoms with Crippen molar-refractivity contribution in [1.82, 2.24) is 5.32 Å². The SMILES string of the molecule is N#CC(NCc1ccc(Cl)cc1)c1cccc(O)c1. The molecule has 0 saturated carbocycles. The summed E-state index contributed by atoms with van der Waals surface area (Å²) < 4.78 is 0. The van der Waals surface area contributed by atoms with E-state index < -0.39 is 6.04 Å². The van der Waals surface area contributed by atoms with Gasteiger partial charge in [-0.05, 0) is 35.4 Å². The van der Waals surface area contributed by atoms with Crippen molar-refractivity contribution in [3.8, 4) is 11.8 Å². The van der Waals surface area contributed by atoms with Crippen molar-refractivity contribution in [3.05, 3.63) is 64.7 Å². The number of halogens is 1. The topological polar surface area (TPSA) is 56.0 Å². The second-order valence-corrected chi connectivity index (χ2v) is 4.60. The van der Waals surface area contributed by atoms with Crippen LogP contribution in [0.3, 0.4) is 0 Å². The largest absolute Gasteiger partial charge is 0.508 e. The molecule has 4 heteroatoms. The minimum atomic E-state index is -0.456. The summed E-state index contributed by atoms with van der Waals surface area (Å²) in [6.07, 6.45) is 0. The van der Waals surface area contributed by atoms with Gasteiger partial charge in [-0.3, -0.25) is 5.32 Å². The molecule has 0 spiro atoms. The molecule has 3 nitrogen and oxygen atoms in total. The first kappa shape index (κ1) is 13.4. The van der Waals surface area contributed by atoms with Crippen molar-refractivity contribution < 1.29 is 5.11 Å². The van der Waals surface area contributed by atoms with Crippen LogP contribution in [0.1, 0.15) is 17.2 Å². The van der Waals surface area contributed by atoms with Crippen LogP contribution in [0.25, 0.3) is 0 Å². The highest BCUT2D eigenvalue weighted by Gasteiger charge is 2.10. The maximum absolute atomic E-state index is 9.42. The third-order valence-corrected chi connectivity index (χ3v) is 3.01. The van der Waals surface area contributed by atoms with Gasteiger partial charge in [-0.1, -0.05) is 35.9 Å². The number of benzene rings is 2. The lowest BCUT2D eigenvalue weighted by Crippen LogP contribution is -2.19. The van der Waals surface area contributed by atoms with Gasteiger partial charge in [0.1, 0.15) is 11.8 Å². The number of phenols is 1. The molecular weight excluding hydrogens is 260 g/mol. The smallest absolute Gasteiger partial charge is 0.121 e. The first-order chi connectivity index (χ1) is 9.19. The summed E-state index contributed by atoms with van der Waals surface area (Å²) in [6.45, 7) is 0.561. The van der Waals surface area contributed by atoms with Crippen LogP contribution < -0.4 is 5.32 Å². The summed E-state index contributed by atoms with van der Waals surface area (Å²) in [7, 11) is 0. The average molecular weight is 273 g/mol. The zero-order valence-electron chi connectivity index (χ0n) is 10.2. The quantitative estimate of drug-likeness (QED) is 0.897. The normalized spacial score (nSPS) is 11.8. The molecule has 0 saturated heterocycles. The van der Waals surface area contributed by atoms with Crippen LogP contribution in [0, 0.1) is 11.3 Å². The number of aromatic hydroxyl groups is 1. The molecular formula is C15H13ClN2O. The monoisotopic (exact) mass is 272 g/mol. The lowest BCUT2D eigenvalue weighted by atomic mass is 10.1. The van der Waals surface area contributed by atoms with E-state index in [4.69, 9.17) is 11.6 Å². The second kappa shape index (κ2) is 6.24. The van der Waals surface area contributed by atoms with Crippen molar-refractivity contribution >= 4 is 11.6 Å². The van der Waals surface area contributed by atoms with Crippen LogP contribution in [0.4, 0.5) is 0 Å². The third-order valence-electron chi connectivity index (χ3n) is 2.76. The number of nitrogens with one attached hydrogen (secondary N) is 1. The highest BCUT2D eigenvalue weighted by Crippen LogP contribution is 2.18. The van der Waals surface area contributed by atoms with Crippen molar-refractivity contribution in [2.75, 3.05) is 0 Å². The van der Waals surface area contributed by atoms with E-state index in [9.17, 15) is 10.4 Å². The van der Waals surface area contributed by atoms with Crippen LogP contribution in [0.15, 0.2) is 48.5 Å². The van der Waals surface area contributed by atoms with Crippen LogP contribution in [-0.4, -0.2) is 5.11 Å². The number of hydrogen-bond donors (Lipinski definition) is 2. The molecule has 2 N–H and O–H groups in total. The van der Waals surface area contributed by atoms with Crippen molar-refractivity contribution in [2.24, 2.45) is 0 Å². The van der Waals surface area contributed by atoms with Crippen LogP contribution in [0.5, 0.6) is 5.75 Å². The Labute approximate surface area is 117 Å². The number of nitriles is 1. The Hall–Kier alpha value is -2.02. The molecule has 2 rings (SSSR count). The average Bonchev–Trinajstić information content (AvgIpc) is 2.42. The van der Waals surface area contributed by atoms with E-state index in [1.165, 1.54) is 0 Å². The van der Waals surface area contributed by atoms with E-state index in [0.717, 1.165) is 11.1 Å². The summed E-state index contributed by atoms with van der Waals surface area (Å²) in [5.74, 6) is 0.158. The highest BCUT2D eigenvalue weighted by molar-refractivity contribution is 6.30. The van der Waals surface area contributed by atoms with Gasteiger partial charge in [0.15, 0.2) is 0 Å². The Morgan fingerprint density at radius 1 is 1.21 bits per heavy atom. The Bertz CT molecular complexity index is 590. The molecule has 0 bridgehead atoms. The molecule has 2 aromatic carbocycles. The maximum atomic E-state index is 9.42. The minimum absolute atomic E-state index is 0.158. The Kier molecular flexibility index (Phi) is 4.40. The molecule has 0 aromatic heterocycles. The molecule has 0 aliphatic heterocycles. The van der Waals surface area contributed by atoms with Gasteiger partial charge >= 0.3 is 0 Å². The minimum Gasteiger partial charge on any atom is -0.508 e. The predicted molar refractivity (Wildman–Crippen MR) is 74.8 cm³/mol. The van der Waals surface area contributed by atoms with E-state index in [-0.39, 0.29) is 5.75 Å². The molecule has 0 radical (unpaired) electrons. The molecule has 1 unspecified atom stereocenters. The van der Waals surface area contributed by atoms with E-state index in [1.54, 1.807) is 18.2 Å². The summed E-state index contributed by atoms with van der Waals surface area (Å²) >= 11 is 5.81. The van der Waals surface area contributed by atoms with E-state index in [2.05, 4.69) is 11.4 Å². The number of hydrogen-bond acceptors (Lipinski definition) is 3. The van der Waals surface area contributed by atoms with E-state index in [1.807, 2.05) is 30.3 Å². The standard InChI is InChI=1S/C15H13ClN2O/c16-13-6-4-11(5-7-13)10-18-15(9-17)12-2-1-3-14(19)8-12/h1-8,15,18-19H,10H2. The predicted octanol–water partition coefficient (Wildman–Crippen LogP) is 3.40. The molecule has 0 aliphatic carbocycles. The number of nitrogens with zero attached hydrogens (tertiary/aromatic N) is 1. The number of rotatable bonds is 4. The van der Waals surface area contributed by atoms with Gasteiger partial charge in [0.2, 0.25) is 0 Å². The maximum Gasteiger partial charge on any atom is 0.121 e. The Morgan fingerprint density at radius 2 is 1.95 bits per heavy atom. The Morgan fingerprint density at radius 3 is 2.58 bits per heavy atom. The first-order valence-corrected chi connectivity index (χ1v) is 6.23. The van der Waals surface area contributed by atoms with Crippen molar-refractivity contribution in [1.29, 1.82) is 5.26 Å². The molecule has 0 heterocycles. The van der Waals surface area contributed by atoms with Crippen molar-refractivity contribution in [3.63, 3.8) is 0 Å². The lowest BCUT2D eigenvalue weighted by molar-refractivity contribution is 0.473. The summed E-state index contributed by atoms with van der Waals surface area (Å²) in [4.78, 5) is 0. The zero-order chi connectivity index (χ0) is 13.7. The van der Waals surface area contributed by atoms with Crippen LogP contribution >= 0.6 is 11.6 Å². The lowest BCUT2D eigenvalue weighted by Gasteiger charge is -2.12. The summed E-state index contributed by atoms with van der Waals surface area (Å²) in [5.41, 5.74) is 1.79. The first-order valence-electron chi connectivity index (χ1n) is 5.85. The molecule has 0 aliphatic rings. The van der Waals surface area contributed by atoms with Gasteiger partial charge in [0.05, 0.1) is 6.07 Å². The summed E-state index contributed by atoms with van der Waals surface area (Å²) in [6, 6.07) is 15.9. The number of phenolic OH excluding ortho intramolecular Hbond substituents is 1. The molecule has 1 atom stereocenters. The van der Waals surface area contributed by atoms with Crippen molar-refractivity contribution in [2.45, 2.75) is 12.6 Å². The van der Waals surface area contributed by atoms with Crippen LogP contribution in [0.2, 0.25) is 5.02 Å². The second-order valence-electron chi connectivity index (χ2n) is 4.16. The van der Waals surface area contributed by atoms with Gasteiger partial charge in [0, 0.05) is 11.6 Å². The van der Waals surface area contributed by atoms with Crippen LogP contribution in [-0.2, 0) is 6.54 Å². The van der Waals surface area contributed by atoms with Gasteiger partial charge in [-0.2, -0.15) is 5.26 Å². The van der Waals surface area contributed by atoms with Gasteiger partial charge in [-0.25, -0.2) is 0 Å². The van der Waals surface area contributed by atoms with Gasteiger partial charge < -0.3 is 5.11 Å². The fourth-order valence-corrected chi connectivity index (χ4v) is 1.89. The van der Waals surface area contributed by atoms with E-state index >= 15 is 0 Å². The fraction of sp³-hybridized carbons (Fsp3) is 0.133.